The van der Waals surface area contributed by atoms with Crippen molar-refractivity contribution in [3.63, 3.8) is 0 Å². The van der Waals surface area contributed by atoms with E-state index in [1.807, 2.05) is 23.1 Å². The van der Waals surface area contributed by atoms with E-state index >= 15 is 0 Å². The van der Waals surface area contributed by atoms with Crippen molar-refractivity contribution in [2.24, 2.45) is 10.7 Å². The third kappa shape index (κ3) is 2.48. The van der Waals surface area contributed by atoms with Gasteiger partial charge < -0.3 is 10.6 Å². The second-order valence-corrected chi connectivity index (χ2v) is 7.13. The number of halogens is 1. The number of benzene rings is 1. The molecular formula is C17H17BrN6O. The van der Waals surface area contributed by atoms with Crippen LogP contribution in [0.2, 0.25) is 0 Å². The molecule has 1 atom stereocenters. The summed E-state index contributed by atoms with van der Waals surface area (Å²) >= 11 is 3.51. The molecule has 3 heterocycles. The molecule has 1 spiro atoms. The highest BCUT2D eigenvalue weighted by Gasteiger charge is 2.51. The number of fused-ring (bicyclic) bond motifs is 2. The monoisotopic (exact) mass is 400 g/mol. The van der Waals surface area contributed by atoms with Crippen LogP contribution in [-0.2, 0) is 16.8 Å². The molecule has 2 aliphatic rings. The van der Waals surface area contributed by atoms with Crippen molar-refractivity contribution in [3.05, 3.63) is 52.3 Å². The summed E-state index contributed by atoms with van der Waals surface area (Å²) in [7, 11) is 1.65. The highest BCUT2D eigenvalue weighted by molar-refractivity contribution is 9.10. The first-order chi connectivity index (χ1) is 12.0. The lowest BCUT2D eigenvalue weighted by molar-refractivity contribution is -0.130. The number of nitrogens with zero attached hydrogens (tertiary/aromatic N) is 5. The van der Waals surface area contributed by atoms with E-state index in [9.17, 15) is 4.79 Å². The number of hydrogen-bond acceptors (Lipinski definition) is 6. The van der Waals surface area contributed by atoms with Gasteiger partial charge in [-0.2, -0.15) is 0 Å². The smallest absolute Gasteiger partial charge is 0.263 e. The molecule has 0 aliphatic carbocycles. The summed E-state index contributed by atoms with van der Waals surface area (Å²) in [5.74, 6) is 0.684. The second-order valence-electron chi connectivity index (χ2n) is 6.22. The summed E-state index contributed by atoms with van der Waals surface area (Å²) in [5, 5.41) is 0. The van der Waals surface area contributed by atoms with E-state index in [2.05, 4.69) is 30.9 Å². The number of carbonyl (C=O) groups is 1. The molecule has 128 valence electrons. The Bertz CT molecular complexity index is 871. The Morgan fingerprint density at radius 3 is 2.72 bits per heavy atom. The highest BCUT2D eigenvalue weighted by Crippen LogP contribution is 2.39. The zero-order valence-electron chi connectivity index (χ0n) is 13.7. The SMILES string of the molecule is CN1C(=O)C2(CN(c3ncccn3)CCc3ccc(Br)cc32)N=C1N. The van der Waals surface area contributed by atoms with Gasteiger partial charge in [-0.25, -0.2) is 15.0 Å². The van der Waals surface area contributed by atoms with Gasteiger partial charge in [0.25, 0.3) is 5.91 Å². The third-order valence-corrected chi connectivity index (χ3v) is 5.22. The van der Waals surface area contributed by atoms with Crippen molar-refractivity contribution in [2.75, 3.05) is 25.0 Å². The van der Waals surface area contributed by atoms with Gasteiger partial charge in [0.05, 0.1) is 6.54 Å². The minimum absolute atomic E-state index is 0.132. The van der Waals surface area contributed by atoms with Crippen LogP contribution in [0.1, 0.15) is 11.1 Å². The largest absolute Gasteiger partial charge is 0.369 e. The van der Waals surface area contributed by atoms with Crippen LogP contribution in [-0.4, -0.2) is 46.9 Å². The van der Waals surface area contributed by atoms with E-state index in [1.54, 1.807) is 25.5 Å². The fourth-order valence-corrected chi connectivity index (χ4v) is 3.81. The van der Waals surface area contributed by atoms with Gasteiger partial charge >= 0.3 is 0 Å². The van der Waals surface area contributed by atoms with Crippen LogP contribution in [0.5, 0.6) is 0 Å². The lowest BCUT2D eigenvalue weighted by Crippen LogP contribution is -2.47. The predicted molar refractivity (Wildman–Crippen MR) is 98.2 cm³/mol. The minimum atomic E-state index is -1.08. The van der Waals surface area contributed by atoms with Crippen LogP contribution in [0.15, 0.2) is 46.1 Å². The quantitative estimate of drug-likeness (QED) is 0.778. The van der Waals surface area contributed by atoms with Gasteiger partial charge in [0.2, 0.25) is 5.95 Å². The van der Waals surface area contributed by atoms with E-state index in [0.717, 1.165) is 22.0 Å². The summed E-state index contributed by atoms with van der Waals surface area (Å²) in [6.45, 7) is 1.05. The molecule has 0 radical (unpaired) electrons. The van der Waals surface area contributed by atoms with E-state index in [1.165, 1.54) is 4.90 Å². The molecule has 1 unspecified atom stereocenters. The maximum absolute atomic E-state index is 13.1. The molecule has 4 rings (SSSR count). The molecule has 7 nitrogen and oxygen atoms in total. The molecule has 1 amide bonds. The number of hydrogen-bond donors (Lipinski definition) is 1. The van der Waals surface area contributed by atoms with Crippen molar-refractivity contribution < 1.29 is 4.79 Å². The molecule has 2 aromatic rings. The first kappa shape index (κ1) is 16.0. The van der Waals surface area contributed by atoms with Crippen LogP contribution in [0.4, 0.5) is 5.95 Å². The summed E-state index contributed by atoms with van der Waals surface area (Å²) in [4.78, 5) is 29.9. The Labute approximate surface area is 153 Å². The maximum Gasteiger partial charge on any atom is 0.263 e. The average molecular weight is 401 g/mol. The number of aliphatic imine (C=N–C) groups is 1. The first-order valence-electron chi connectivity index (χ1n) is 7.95. The van der Waals surface area contributed by atoms with Gasteiger partial charge in [-0.15, -0.1) is 0 Å². The molecule has 0 bridgehead atoms. The lowest BCUT2D eigenvalue weighted by atomic mass is 9.86. The van der Waals surface area contributed by atoms with Gasteiger partial charge in [-0.1, -0.05) is 22.0 Å². The van der Waals surface area contributed by atoms with Gasteiger partial charge in [0.1, 0.15) is 0 Å². The Morgan fingerprint density at radius 2 is 2.04 bits per heavy atom. The Hall–Kier alpha value is -2.48. The summed E-state index contributed by atoms with van der Waals surface area (Å²) in [5.41, 5.74) is 6.89. The first-order valence-corrected chi connectivity index (χ1v) is 8.75. The molecule has 0 saturated heterocycles. The minimum Gasteiger partial charge on any atom is -0.369 e. The van der Waals surface area contributed by atoms with Gasteiger partial charge in [-0.3, -0.25) is 9.69 Å². The summed E-state index contributed by atoms with van der Waals surface area (Å²) < 4.78 is 0.908. The lowest BCUT2D eigenvalue weighted by Gasteiger charge is -2.30. The Kier molecular flexibility index (Phi) is 3.72. The van der Waals surface area contributed by atoms with Gasteiger partial charge in [0, 0.05) is 30.5 Å². The molecule has 0 saturated carbocycles. The van der Waals surface area contributed by atoms with E-state index < -0.39 is 5.54 Å². The van der Waals surface area contributed by atoms with Crippen molar-refractivity contribution in [1.82, 2.24) is 14.9 Å². The number of rotatable bonds is 1. The van der Waals surface area contributed by atoms with Crippen molar-refractivity contribution in [3.8, 4) is 0 Å². The number of likely N-dealkylation sites (N-methyl/N-ethyl adjacent to an activating group) is 1. The maximum atomic E-state index is 13.1. The van der Waals surface area contributed by atoms with E-state index in [0.29, 0.717) is 19.0 Å². The fraction of sp³-hybridized carbons (Fsp3) is 0.294. The topological polar surface area (TPSA) is 87.7 Å². The van der Waals surface area contributed by atoms with Gasteiger partial charge in [-0.05, 0) is 35.7 Å². The molecule has 8 heteroatoms. The molecule has 0 fully saturated rings. The summed E-state index contributed by atoms with van der Waals surface area (Å²) in [6, 6.07) is 7.76. The number of nitrogens with two attached hydrogens (primary N) is 1. The van der Waals surface area contributed by atoms with Crippen LogP contribution >= 0.6 is 15.9 Å². The second kappa shape index (κ2) is 5.80. The molecule has 2 aliphatic heterocycles. The van der Waals surface area contributed by atoms with Crippen molar-refractivity contribution in [1.29, 1.82) is 0 Å². The molecule has 1 aromatic carbocycles. The Balaban J connectivity index is 1.89. The summed E-state index contributed by atoms with van der Waals surface area (Å²) in [6.07, 6.45) is 4.17. The molecule has 25 heavy (non-hydrogen) atoms. The average Bonchev–Trinajstić information content (AvgIpc) is 2.76. The number of anilines is 1. The zero-order chi connectivity index (χ0) is 17.6. The van der Waals surface area contributed by atoms with Crippen LogP contribution in [0.3, 0.4) is 0 Å². The standard InChI is InChI=1S/C17H17BrN6O/c1-23-14(25)17(22-15(23)19)10-24(16-20-6-2-7-21-16)8-5-11-3-4-12(18)9-13(11)17/h2-4,6-7,9H,5,8,10H2,1H3,(H2,19,22). The fourth-order valence-electron chi connectivity index (χ4n) is 3.45. The third-order valence-electron chi connectivity index (χ3n) is 4.73. The van der Waals surface area contributed by atoms with Crippen LogP contribution in [0, 0.1) is 0 Å². The highest BCUT2D eigenvalue weighted by atomic mass is 79.9. The van der Waals surface area contributed by atoms with Gasteiger partial charge in [0.15, 0.2) is 11.5 Å². The number of amides is 1. The number of guanidine groups is 1. The molecular weight excluding hydrogens is 384 g/mol. The van der Waals surface area contributed by atoms with Crippen molar-refractivity contribution >= 4 is 33.7 Å². The van der Waals surface area contributed by atoms with Crippen molar-refractivity contribution in [2.45, 2.75) is 12.0 Å². The molecule has 2 N–H and O–H groups in total. The predicted octanol–water partition coefficient (Wildman–Crippen LogP) is 1.28. The van der Waals surface area contributed by atoms with E-state index in [-0.39, 0.29) is 11.9 Å². The number of carbonyl (C=O) groups excluding carboxylic acids is 1. The number of aromatic nitrogens is 2. The van der Waals surface area contributed by atoms with E-state index in [4.69, 9.17) is 5.73 Å². The Morgan fingerprint density at radius 1 is 1.28 bits per heavy atom. The molecule has 1 aromatic heterocycles. The normalized spacial score (nSPS) is 22.8. The van der Waals surface area contributed by atoms with Crippen LogP contribution in [0.25, 0.3) is 0 Å². The van der Waals surface area contributed by atoms with Crippen LogP contribution < -0.4 is 10.6 Å². The zero-order valence-corrected chi connectivity index (χ0v) is 15.3.